The van der Waals surface area contributed by atoms with Gasteiger partial charge < -0.3 is 15.4 Å². The standard InChI is InChI=1S/C20H26N6O3/c1-29-18-8-13(4-5-15(18)24-20(28)17-11-21-6-7-22-17)19(27)23-10-14-9-16(26-25-14)12-2-3-12/h6-7,9,11-13,15,18H,2-5,8,10H2,1H3,(H,23,27)(H,24,28)(H,25,26). The average Bonchev–Trinajstić information content (AvgIpc) is 3.50. The molecule has 0 spiro atoms. The minimum Gasteiger partial charge on any atom is -0.379 e. The van der Waals surface area contributed by atoms with Gasteiger partial charge in [0.15, 0.2) is 0 Å². The highest BCUT2D eigenvalue weighted by Gasteiger charge is 2.35. The molecule has 3 N–H and O–H groups in total. The monoisotopic (exact) mass is 398 g/mol. The summed E-state index contributed by atoms with van der Waals surface area (Å²) in [6.07, 6.45) is 8.52. The van der Waals surface area contributed by atoms with Crippen molar-refractivity contribution in [2.45, 2.75) is 56.7 Å². The van der Waals surface area contributed by atoms with Crippen LogP contribution in [0.15, 0.2) is 24.7 Å². The van der Waals surface area contributed by atoms with Crippen molar-refractivity contribution >= 4 is 11.8 Å². The maximum atomic E-state index is 12.6. The summed E-state index contributed by atoms with van der Waals surface area (Å²) in [6, 6.07) is 1.88. The van der Waals surface area contributed by atoms with E-state index in [1.807, 2.05) is 6.07 Å². The molecule has 2 saturated carbocycles. The Labute approximate surface area is 169 Å². The number of ether oxygens (including phenoxy) is 1. The van der Waals surface area contributed by atoms with Crippen LogP contribution < -0.4 is 10.6 Å². The molecule has 154 valence electrons. The van der Waals surface area contributed by atoms with Crippen LogP contribution in [0.1, 0.15) is 59.9 Å². The Morgan fingerprint density at radius 2 is 2.10 bits per heavy atom. The third-order valence-corrected chi connectivity index (χ3v) is 5.68. The van der Waals surface area contributed by atoms with Crippen LogP contribution in [0.5, 0.6) is 0 Å². The summed E-state index contributed by atoms with van der Waals surface area (Å²) >= 11 is 0. The number of carbonyl (C=O) groups is 2. The van der Waals surface area contributed by atoms with Gasteiger partial charge in [-0.05, 0) is 38.2 Å². The first-order valence-corrected chi connectivity index (χ1v) is 10.1. The molecule has 3 unspecified atom stereocenters. The molecule has 0 radical (unpaired) electrons. The molecule has 2 aromatic heterocycles. The van der Waals surface area contributed by atoms with E-state index >= 15 is 0 Å². The number of carbonyl (C=O) groups excluding carboxylic acids is 2. The number of nitrogens with one attached hydrogen (secondary N) is 3. The van der Waals surface area contributed by atoms with Crippen LogP contribution in [-0.4, -0.2) is 51.2 Å². The Kier molecular flexibility index (Phi) is 5.84. The number of aromatic nitrogens is 4. The third-order valence-electron chi connectivity index (χ3n) is 5.68. The highest BCUT2D eigenvalue weighted by Crippen LogP contribution is 2.39. The number of rotatable bonds is 7. The molecule has 3 atom stereocenters. The summed E-state index contributed by atoms with van der Waals surface area (Å²) in [4.78, 5) is 32.9. The van der Waals surface area contributed by atoms with Crippen molar-refractivity contribution in [3.63, 3.8) is 0 Å². The maximum absolute atomic E-state index is 12.6. The second-order valence-electron chi connectivity index (χ2n) is 7.76. The van der Waals surface area contributed by atoms with Crippen LogP contribution in [0.2, 0.25) is 0 Å². The molecule has 29 heavy (non-hydrogen) atoms. The molecule has 9 heteroatoms. The van der Waals surface area contributed by atoms with Crippen molar-refractivity contribution in [2.75, 3.05) is 7.11 Å². The number of hydrogen-bond donors (Lipinski definition) is 3. The van der Waals surface area contributed by atoms with Gasteiger partial charge in [-0.15, -0.1) is 0 Å². The van der Waals surface area contributed by atoms with Gasteiger partial charge in [0.2, 0.25) is 5.91 Å². The van der Waals surface area contributed by atoms with Crippen molar-refractivity contribution in [2.24, 2.45) is 5.92 Å². The molecule has 0 aromatic carbocycles. The number of H-pyrrole nitrogens is 1. The lowest BCUT2D eigenvalue weighted by Crippen LogP contribution is -2.49. The second kappa shape index (κ2) is 8.69. The molecule has 9 nitrogen and oxygen atoms in total. The number of methoxy groups -OCH3 is 1. The van der Waals surface area contributed by atoms with E-state index in [0.29, 0.717) is 31.7 Å². The van der Waals surface area contributed by atoms with E-state index in [9.17, 15) is 9.59 Å². The van der Waals surface area contributed by atoms with Gasteiger partial charge in [0.1, 0.15) is 5.69 Å². The summed E-state index contributed by atoms with van der Waals surface area (Å²) in [6.45, 7) is 0.444. The van der Waals surface area contributed by atoms with E-state index in [1.165, 1.54) is 31.4 Å². The zero-order chi connectivity index (χ0) is 20.2. The fourth-order valence-electron chi connectivity index (χ4n) is 3.84. The van der Waals surface area contributed by atoms with Crippen LogP contribution >= 0.6 is 0 Å². The van der Waals surface area contributed by atoms with Gasteiger partial charge in [0, 0.05) is 31.3 Å². The van der Waals surface area contributed by atoms with E-state index in [1.54, 1.807) is 7.11 Å². The van der Waals surface area contributed by atoms with Gasteiger partial charge in [-0.1, -0.05) is 0 Å². The number of hydrogen-bond acceptors (Lipinski definition) is 6. The van der Waals surface area contributed by atoms with Gasteiger partial charge >= 0.3 is 0 Å². The minimum atomic E-state index is -0.279. The highest BCUT2D eigenvalue weighted by molar-refractivity contribution is 5.92. The lowest BCUT2D eigenvalue weighted by Gasteiger charge is -2.35. The predicted molar refractivity (Wildman–Crippen MR) is 104 cm³/mol. The molecular formula is C20H26N6O3. The number of aromatic amines is 1. The summed E-state index contributed by atoms with van der Waals surface area (Å²) in [5, 5.41) is 13.3. The largest absolute Gasteiger partial charge is 0.379 e. The lowest BCUT2D eigenvalue weighted by molar-refractivity contribution is -0.128. The second-order valence-corrected chi connectivity index (χ2v) is 7.76. The Hall–Kier alpha value is -2.81. The molecule has 0 aliphatic heterocycles. The highest BCUT2D eigenvalue weighted by atomic mass is 16.5. The van der Waals surface area contributed by atoms with Gasteiger partial charge in [-0.3, -0.25) is 19.7 Å². The van der Waals surface area contributed by atoms with E-state index < -0.39 is 0 Å². The smallest absolute Gasteiger partial charge is 0.271 e. The first-order valence-electron chi connectivity index (χ1n) is 10.1. The molecule has 0 saturated heterocycles. The summed E-state index contributed by atoms with van der Waals surface area (Å²) < 4.78 is 5.57. The first-order chi connectivity index (χ1) is 14.1. The Balaban J connectivity index is 1.28. The number of nitrogens with zero attached hydrogens (tertiary/aromatic N) is 3. The van der Waals surface area contributed by atoms with Crippen LogP contribution in [0.3, 0.4) is 0 Å². The van der Waals surface area contributed by atoms with Gasteiger partial charge in [0.05, 0.1) is 36.3 Å². The molecule has 2 aliphatic carbocycles. The number of amides is 2. The topological polar surface area (TPSA) is 122 Å². The Morgan fingerprint density at radius 3 is 2.83 bits per heavy atom. The third kappa shape index (κ3) is 4.79. The van der Waals surface area contributed by atoms with Crippen molar-refractivity contribution in [3.05, 3.63) is 41.7 Å². The zero-order valence-corrected chi connectivity index (χ0v) is 16.4. The normalized spacial score (nSPS) is 24.1. The van der Waals surface area contributed by atoms with E-state index in [4.69, 9.17) is 4.74 Å². The fourth-order valence-corrected chi connectivity index (χ4v) is 3.84. The Morgan fingerprint density at radius 1 is 1.24 bits per heavy atom. The average molecular weight is 398 g/mol. The van der Waals surface area contributed by atoms with Gasteiger partial charge in [0.25, 0.3) is 5.91 Å². The summed E-state index contributed by atoms with van der Waals surface area (Å²) in [5.41, 5.74) is 2.29. The summed E-state index contributed by atoms with van der Waals surface area (Å²) in [5.74, 6) is 0.174. The maximum Gasteiger partial charge on any atom is 0.271 e. The van der Waals surface area contributed by atoms with Gasteiger partial charge in [-0.25, -0.2) is 4.98 Å². The first kappa shape index (κ1) is 19.5. The molecule has 4 rings (SSSR count). The minimum absolute atomic E-state index is 0.00771. The van der Waals surface area contributed by atoms with Crippen molar-refractivity contribution in [1.29, 1.82) is 0 Å². The molecular weight excluding hydrogens is 372 g/mol. The van der Waals surface area contributed by atoms with Gasteiger partial charge in [-0.2, -0.15) is 5.10 Å². The molecule has 2 aromatic rings. The van der Waals surface area contributed by atoms with Crippen molar-refractivity contribution in [3.8, 4) is 0 Å². The van der Waals surface area contributed by atoms with Crippen molar-refractivity contribution < 1.29 is 14.3 Å². The zero-order valence-electron chi connectivity index (χ0n) is 16.4. The van der Waals surface area contributed by atoms with Crippen molar-refractivity contribution in [1.82, 2.24) is 30.8 Å². The quantitative estimate of drug-likeness (QED) is 0.646. The molecule has 2 aliphatic rings. The molecule has 2 fully saturated rings. The lowest BCUT2D eigenvalue weighted by atomic mass is 9.83. The van der Waals surface area contributed by atoms with Crippen LogP contribution in [-0.2, 0) is 16.1 Å². The molecule has 2 amide bonds. The fraction of sp³-hybridized carbons (Fsp3) is 0.550. The van der Waals surface area contributed by atoms with E-state index in [0.717, 1.165) is 11.4 Å². The Bertz CT molecular complexity index is 851. The predicted octanol–water partition coefficient (Wildman–Crippen LogP) is 1.31. The van der Waals surface area contributed by atoms with Crippen LogP contribution in [0, 0.1) is 5.92 Å². The van der Waals surface area contributed by atoms with E-state index in [-0.39, 0.29) is 35.6 Å². The van der Waals surface area contributed by atoms with Crippen LogP contribution in [0.25, 0.3) is 0 Å². The summed E-state index contributed by atoms with van der Waals surface area (Å²) in [7, 11) is 1.61. The SMILES string of the molecule is COC1CC(C(=O)NCc2cc(C3CC3)n[nH]2)CCC1NC(=O)c1cnccn1. The molecule has 0 bridgehead atoms. The van der Waals surface area contributed by atoms with E-state index in [2.05, 4.69) is 30.8 Å². The molecule has 2 heterocycles. The van der Waals surface area contributed by atoms with Crippen LogP contribution in [0.4, 0.5) is 0 Å².